The zero-order valence-corrected chi connectivity index (χ0v) is 18.6. The molecule has 0 unspecified atom stereocenters. The van der Waals surface area contributed by atoms with E-state index >= 15 is 0 Å². The summed E-state index contributed by atoms with van der Waals surface area (Å²) in [4.78, 5) is 11.8. The maximum absolute atomic E-state index is 11.8. The maximum Gasteiger partial charge on any atom is 0.302 e. The number of methoxy groups -OCH3 is 1. The van der Waals surface area contributed by atoms with Gasteiger partial charge in [-0.05, 0) is 45.9 Å². The monoisotopic (exact) mass is 436 g/mol. The lowest BCUT2D eigenvalue weighted by Gasteiger charge is -2.27. The lowest BCUT2D eigenvalue weighted by atomic mass is 9.83. The van der Waals surface area contributed by atoms with Gasteiger partial charge in [0.2, 0.25) is 0 Å². The van der Waals surface area contributed by atoms with Gasteiger partial charge in [0.15, 0.2) is 0 Å². The highest BCUT2D eigenvalue weighted by Crippen LogP contribution is 2.47. The van der Waals surface area contributed by atoms with Crippen LogP contribution in [0.2, 0.25) is 0 Å². The number of esters is 1. The van der Waals surface area contributed by atoms with Gasteiger partial charge in [0, 0.05) is 23.4 Å². The van der Waals surface area contributed by atoms with Crippen molar-refractivity contribution in [1.82, 2.24) is 0 Å². The molecule has 1 aliphatic rings. The largest absolute Gasteiger partial charge is 0.497 e. The third kappa shape index (κ3) is 3.85. The van der Waals surface area contributed by atoms with Crippen LogP contribution in [0.3, 0.4) is 0 Å². The average Bonchev–Trinajstić information content (AvgIpc) is 2.87. The quantitative estimate of drug-likeness (QED) is 0.340. The minimum Gasteiger partial charge on any atom is -0.497 e. The third-order valence-electron chi connectivity index (χ3n) is 5.94. The molecule has 5 rings (SSSR count). The highest BCUT2D eigenvalue weighted by atomic mass is 16.5. The molecule has 0 fully saturated rings. The first kappa shape index (κ1) is 20.8. The molecule has 0 radical (unpaired) electrons. The van der Waals surface area contributed by atoms with Gasteiger partial charge < -0.3 is 14.2 Å². The zero-order valence-electron chi connectivity index (χ0n) is 18.6. The molecule has 4 aromatic rings. The van der Waals surface area contributed by atoms with Crippen molar-refractivity contribution in [2.24, 2.45) is 0 Å². The number of benzene rings is 4. The van der Waals surface area contributed by atoms with Gasteiger partial charge in [-0.15, -0.1) is 0 Å². The average molecular weight is 437 g/mol. The minimum atomic E-state index is -0.317. The summed E-state index contributed by atoms with van der Waals surface area (Å²) in [5.41, 5.74) is 6.13. The van der Waals surface area contributed by atoms with Gasteiger partial charge in [0.05, 0.1) is 7.11 Å². The number of carbonyl (C=O) groups is 1. The Balaban J connectivity index is 1.84. The molecule has 4 nitrogen and oxygen atoms in total. The van der Waals surface area contributed by atoms with Crippen molar-refractivity contribution in [2.45, 2.75) is 13.5 Å². The molecule has 33 heavy (non-hydrogen) atoms. The lowest BCUT2D eigenvalue weighted by molar-refractivity contribution is -0.142. The summed E-state index contributed by atoms with van der Waals surface area (Å²) in [5.74, 6) is 1.30. The summed E-state index contributed by atoms with van der Waals surface area (Å²) < 4.78 is 17.2. The van der Waals surface area contributed by atoms with E-state index in [2.05, 4.69) is 30.3 Å². The van der Waals surface area contributed by atoms with E-state index in [0.29, 0.717) is 6.61 Å². The molecule has 0 spiro atoms. The molecule has 4 heteroatoms. The molecule has 4 aromatic carbocycles. The van der Waals surface area contributed by atoms with Crippen LogP contribution in [0, 0.1) is 0 Å². The normalized spacial score (nSPS) is 12.5. The molecule has 0 aromatic heterocycles. The molecular weight excluding hydrogens is 412 g/mol. The summed E-state index contributed by atoms with van der Waals surface area (Å²) in [6.07, 6.45) is 2.09. The van der Waals surface area contributed by atoms with Gasteiger partial charge in [-0.3, -0.25) is 4.79 Å². The second kappa shape index (κ2) is 8.83. The number of fused-ring (bicyclic) bond motifs is 3. The van der Waals surface area contributed by atoms with Crippen molar-refractivity contribution in [3.8, 4) is 22.6 Å². The van der Waals surface area contributed by atoms with Crippen molar-refractivity contribution < 1.29 is 19.0 Å². The first-order valence-electron chi connectivity index (χ1n) is 10.9. The molecule has 0 saturated heterocycles. The molecular formula is C29H24O4. The minimum absolute atomic E-state index is 0.156. The van der Waals surface area contributed by atoms with Crippen LogP contribution in [0.1, 0.15) is 23.6 Å². The summed E-state index contributed by atoms with van der Waals surface area (Å²) in [6, 6.07) is 26.5. The number of rotatable bonds is 5. The van der Waals surface area contributed by atoms with E-state index in [1.54, 1.807) is 7.11 Å². The molecule has 0 N–H and O–H groups in total. The van der Waals surface area contributed by atoms with Crippen LogP contribution in [-0.4, -0.2) is 19.7 Å². The maximum atomic E-state index is 11.8. The van der Waals surface area contributed by atoms with Crippen LogP contribution in [0.25, 0.3) is 27.5 Å². The summed E-state index contributed by atoms with van der Waals surface area (Å²) >= 11 is 0. The van der Waals surface area contributed by atoms with Gasteiger partial charge in [-0.25, -0.2) is 0 Å². The fourth-order valence-electron chi connectivity index (χ4n) is 4.49. The predicted octanol–water partition coefficient (Wildman–Crippen LogP) is 6.40. The standard InChI is InChI=1S/C29H24O4/c1-19(30)33-18-26-27(21-8-4-3-5-9-21)24-10-6-7-11-25(24)29-28(26)23(16-17-32-29)20-12-14-22(31-2)15-13-20/h3-16H,17-18H2,1-2H3. The van der Waals surface area contributed by atoms with E-state index in [9.17, 15) is 4.79 Å². The summed E-state index contributed by atoms with van der Waals surface area (Å²) in [5, 5.41) is 2.11. The van der Waals surface area contributed by atoms with Crippen molar-refractivity contribution in [3.05, 3.63) is 102 Å². The highest BCUT2D eigenvalue weighted by Gasteiger charge is 2.27. The Labute approximate surface area is 193 Å². The number of hydrogen-bond donors (Lipinski definition) is 0. The van der Waals surface area contributed by atoms with E-state index in [1.807, 2.05) is 54.6 Å². The summed E-state index contributed by atoms with van der Waals surface area (Å²) in [7, 11) is 1.66. The van der Waals surface area contributed by atoms with E-state index in [0.717, 1.165) is 55.7 Å². The molecule has 164 valence electrons. The summed E-state index contributed by atoms with van der Waals surface area (Å²) in [6.45, 7) is 2.06. The third-order valence-corrected chi connectivity index (χ3v) is 5.94. The Kier molecular flexibility index (Phi) is 5.57. The molecule has 0 bridgehead atoms. The van der Waals surface area contributed by atoms with Crippen LogP contribution < -0.4 is 9.47 Å². The molecule has 0 amide bonds. The van der Waals surface area contributed by atoms with Crippen LogP contribution in [0.15, 0.2) is 84.9 Å². The van der Waals surface area contributed by atoms with Crippen LogP contribution in [0.4, 0.5) is 0 Å². The molecule has 1 aliphatic heterocycles. The Morgan fingerprint density at radius 2 is 1.55 bits per heavy atom. The van der Waals surface area contributed by atoms with Gasteiger partial charge in [0.1, 0.15) is 24.7 Å². The van der Waals surface area contributed by atoms with Crippen LogP contribution in [0.5, 0.6) is 11.5 Å². The van der Waals surface area contributed by atoms with Crippen molar-refractivity contribution in [1.29, 1.82) is 0 Å². The number of hydrogen-bond acceptors (Lipinski definition) is 4. The number of carbonyl (C=O) groups excluding carboxylic acids is 1. The van der Waals surface area contributed by atoms with E-state index in [-0.39, 0.29) is 12.6 Å². The highest BCUT2D eigenvalue weighted by molar-refractivity contribution is 6.07. The van der Waals surface area contributed by atoms with Gasteiger partial charge in [-0.1, -0.05) is 66.7 Å². The first-order valence-corrected chi connectivity index (χ1v) is 10.9. The second-order valence-corrected chi connectivity index (χ2v) is 7.91. The Morgan fingerprint density at radius 3 is 2.24 bits per heavy atom. The van der Waals surface area contributed by atoms with Crippen molar-refractivity contribution in [3.63, 3.8) is 0 Å². The Bertz CT molecular complexity index is 1350. The smallest absolute Gasteiger partial charge is 0.302 e. The Hall–Kier alpha value is -4.05. The molecule has 0 aliphatic carbocycles. The van der Waals surface area contributed by atoms with Gasteiger partial charge in [-0.2, -0.15) is 0 Å². The second-order valence-electron chi connectivity index (χ2n) is 7.91. The topological polar surface area (TPSA) is 44.8 Å². The van der Waals surface area contributed by atoms with Crippen molar-refractivity contribution in [2.75, 3.05) is 13.7 Å². The van der Waals surface area contributed by atoms with Crippen LogP contribution in [-0.2, 0) is 16.1 Å². The SMILES string of the molecule is COc1ccc(C2=CCOc3c2c(COC(C)=O)c(-c2ccccc2)c2ccccc32)cc1. The van der Waals surface area contributed by atoms with Crippen molar-refractivity contribution >= 4 is 22.3 Å². The zero-order chi connectivity index (χ0) is 22.8. The predicted molar refractivity (Wildman–Crippen MR) is 130 cm³/mol. The molecule has 0 atom stereocenters. The van der Waals surface area contributed by atoms with Gasteiger partial charge >= 0.3 is 5.97 Å². The first-order chi connectivity index (χ1) is 16.2. The Morgan fingerprint density at radius 1 is 0.848 bits per heavy atom. The van der Waals surface area contributed by atoms with Gasteiger partial charge in [0.25, 0.3) is 0 Å². The fraction of sp³-hybridized carbons (Fsp3) is 0.138. The van der Waals surface area contributed by atoms with E-state index < -0.39 is 0 Å². The van der Waals surface area contributed by atoms with Crippen LogP contribution >= 0.6 is 0 Å². The fourth-order valence-corrected chi connectivity index (χ4v) is 4.49. The molecule has 1 heterocycles. The van der Waals surface area contributed by atoms with E-state index in [4.69, 9.17) is 14.2 Å². The molecule has 0 saturated carbocycles. The number of ether oxygens (including phenoxy) is 3. The lowest BCUT2D eigenvalue weighted by Crippen LogP contribution is -2.12. The van der Waals surface area contributed by atoms with E-state index in [1.165, 1.54) is 6.92 Å².